The fourth-order valence-electron chi connectivity index (χ4n) is 3.14. The molecule has 2 aromatic heterocycles. The van der Waals surface area contributed by atoms with Gasteiger partial charge in [-0.1, -0.05) is 0 Å². The minimum Gasteiger partial charge on any atom is -0.340 e. The van der Waals surface area contributed by atoms with Crippen LogP contribution in [0.15, 0.2) is 18.6 Å². The largest absolute Gasteiger partial charge is 0.340 e. The highest BCUT2D eigenvalue weighted by Gasteiger charge is 2.31. The Labute approximate surface area is 124 Å². The normalized spacial score (nSPS) is 22.5. The summed E-state index contributed by atoms with van der Waals surface area (Å²) in [5.41, 5.74) is 1.02. The second kappa shape index (κ2) is 5.09. The van der Waals surface area contributed by atoms with Crippen molar-refractivity contribution in [3.8, 4) is 0 Å². The molecule has 0 aromatic carbocycles. The molecule has 1 aliphatic carbocycles. The standard InChI is InChI=1S/C15H20N6/c1-11-6-7-16-15(18-11)20-8-2-3-12(9-20)14-19-17-10-21(14)13-4-5-13/h6-7,10,12-13H,2-5,8-9H2,1H3/t12-/m1/s1. The van der Waals surface area contributed by atoms with Crippen molar-refractivity contribution in [2.75, 3.05) is 18.0 Å². The van der Waals surface area contributed by atoms with E-state index >= 15 is 0 Å². The van der Waals surface area contributed by atoms with E-state index in [1.165, 1.54) is 19.3 Å². The predicted octanol–water partition coefficient (Wildman–Crippen LogP) is 2.10. The van der Waals surface area contributed by atoms with Crippen molar-refractivity contribution >= 4 is 5.95 Å². The van der Waals surface area contributed by atoms with Crippen molar-refractivity contribution < 1.29 is 0 Å². The first-order chi connectivity index (χ1) is 10.3. The number of aryl methyl sites for hydroxylation is 1. The van der Waals surface area contributed by atoms with Gasteiger partial charge in [-0.3, -0.25) is 0 Å². The molecule has 110 valence electrons. The van der Waals surface area contributed by atoms with E-state index in [0.717, 1.165) is 37.0 Å². The van der Waals surface area contributed by atoms with Crippen molar-refractivity contribution in [1.29, 1.82) is 0 Å². The van der Waals surface area contributed by atoms with Crippen molar-refractivity contribution in [1.82, 2.24) is 24.7 Å². The van der Waals surface area contributed by atoms with Gasteiger partial charge in [0.15, 0.2) is 0 Å². The molecule has 2 fully saturated rings. The first kappa shape index (κ1) is 12.7. The molecule has 0 bridgehead atoms. The van der Waals surface area contributed by atoms with Gasteiger partial charge in [-0.25, -0.2) is 9.97 Å². The number of aromatic nitrogens is 5. The average molecular weight is 284 g/mol. The minimum absolute atomic E-state index is 0.436. The van der Waals surface area contributed by atoms with Crippen molar-refractivity contribution in [2.24, 2.45) is 0 Å². The average Bonchev–Trinajstić information content (AvgIpc) is 3.24. The zero-order chi connectivity index (χ0) is 14.2. The van der Waals surface area contributed by atoms with Gasteiger partial charge in [-0.05, 0) is 38.7 Å². The van der Waals surface area contributed by atoms with Gasteiger partial charge in [0.1, 0.15) is 12.2 Å². The van der Waals surface area contributed by atoms with Gasteiger partial charge in [-0.15, -0.1) is 10.2 Å². The summed E-state index contributed by atoms with van der Waals surface area (Å²) in [5.74, 6) is 2.43. The molecule has 1 saturated heterocycles. The third-order valence-corrected chi connectivity index (χ3v) is 4.39. The Hall–Kier alpha value is -1.98. The molecule has 0 radical (unpaired) electrons. The molecule has 1 aliphatic heterocycles. The molecule has 2 aromatic rings. The molecule has 2 aliphatic rings. The molecule has 3 heterocycles. The number of piperidine rings is 1. The van der Waals surface area contributed by atoms with Crippen LogP contribution < -0.4 is 4.90 Å². The molecule has 6 heteroatoms. The highest BCUT2D eigenvalue weighted by atomic mass is 15.3. The lowest BCUT2D eigenvalue weighted by molar-refractivity contribution is 0.466. The molecule has 1 atom stereocenters. The van der Waals surface area contributed by atoms with Crippen LogP contribution in [0.2, 0.25) is 0 Å². The molecule has 0 amide bonds. The SMILES string of the molecule is Cc1ccnc(N2CCC[C@@H](c3nncn3C3CC3)C2)n1. The maximum atomic E-state index is 4.55. The maximum absolute atomic E-state index is 4.55. The monoisotopic (exact) mass is 284 g/mol. The van der Waals surface area contributed by atoms with E-state index in [-0.39, 0.29) is 0 Å². The van der Waals surface area contributed by atoms with Crippen LogP contribution in [0, 0.1) is 6.92 Å². The number of nitrogens with zero attached hydrogens (tertiary/aromatic N) is 6. The fourth-order valence-corrected chi connectivity index (χ4v) is 3.14. The zero-order valence-electron chi connectivity index (χ0n) is 12.3. The number of rotatable bonds is 3. The fraction of sp³-hybridized carbons (Fsp3) is 0.600. The van der Waals surface area contributed by atoms with Crippen molar-refractivity contribution in [3.05, 3.63) is 30.1 Å². The quantitative estimate of drug-likeness (QED) is 0.863. The first-order valence-corrected chi connectivity index (χ1v) is 7.75. The Morgan fingerprint density at radius 3 is 2.95 bits per heavy atom. The second-order valence-corrected chi connectivity index (χ2v) is 6.11. The Morgan fingerprint density at radius 1 is 1.24 bits per heavy atom. The predicted molar refractivity (Wildman–Crippen MR) is 79.3 cm³/mol. The summed E-state index contributed by atoms with van der Waals surface area (Å²) in [4.78, 5) is 11.3. The number of anilines is 1. The molecule has 0 N–H and O–H groups in total. The Bertz CT molecular complexity index is 633. The second-order valence-electron chi connectivity index (χ2n) is 6.11. The van der Waals surface area contributed by atoms with Crippen LogP contribution in [0.1, 0.15) is 49.2 Å². The summed E-state index contributed by atoms with van der Waals surface area (Å²) in [6.07, 6.45) is 8.60. The third kappa shape index (κ3) is 2.50. The van der Waals surface area contributed by atoms with Crippen LogP contribution in [0.5, 0.6) is 0 Å². The summed E-state index contributed by atoms with van der Waals surface area (Å²) < 4.78 is 2.28. The lowest BCUT2D eigenvalue weighted by atomic mass is 9.97. The van der Waals surface area contributed by atoms with Crippen LogP contribution in [0.4, 0.5) is 5.95 Å². The smallest absolute Gasteiger partial charge is 0.225 e. The van der Waals surface area contributed by atoms with Crippen molar-refractivity contribution in [2.45, 2.75) is 44.6 Å². The van der Waals surface area contributed by atoms with E-state index in [1.54, 1.807) is 0 Å². The summed E-state index contributed by atoms with van der Waals surface area (Å²) in [6.45, 7) is 3.97. The Morgan fingerprint density at radius 2 is 2.14 bits per heavy atom. The van der Waals surface area contributed by atoms with Crippen LogP contribution in [0.25, 0.3) is 0 Å². The van der Waals surface area contributed by atoms with Gasteiger partial charge in [0.25, 0.3) is 0 Å². The highest BCUT2D eigenvalue weighted by Crippen LogP contribution is 2.38. The Balaban J connectivity index is 1.56. The van der Waals surface area contributed by atoms with Gasteiger partial charge in [0.2, 0.25) is 5.95 Å². The molecule has 21 heavy (non-hydrogen) atoms. The van der Waals surface area contributed by atoms with Crippen LogP contribution >= 0.6 is 0 Å². The Kier molecular flexibility index (Phi) is 3.09. The zero-order valence-corrected chi connectivity index (χ0v) is 12.3. The summed E-state index contributed by atoms with van der Waals surface area (Å²) >= 11 is 0. The number of hydrogen-bond acceptors (Lipinski definition) is 5. The molecule has 6 nitrogen and oxygen atoms in total. The van der Waals surface area contributed by atoms with E-state index in [2.05, 4.69) is 29.6 Å². The molecule has 0 spiro atoms. The minimum atomic E-state index is 0.436. The lowest BCUT2D eigenvalue weighted by Crippen LogP contribution is -2.36. The van der Waals surface area contributed by atoms with E-state index in [4.69, 9.17) is 0 Å². The van der Waals surface area contributed by atoms with Gasteiger partial charge in [-0.2, -0.15) is 0 Å². The van der Waals surface area contributed by atoms with Crippen molar-refractivity contribution in [3.63, 3.8) is 0 Å². The lowest BCUT2D eigenvalue weighted by Gasteiger charge is -2.32. The van der Waals surface area contributed by atoms with E-state index in [9.17, 15) is 0 Å². The van der Waals surface area contributed by atoms with Crippen LogP contribution in [-0.4, -0.2) is 37.8 Å². The maximum Gasteiger partial charge on any atom is 0.225 e. The highest BCUT2D eigenvalue weighted by molar-refractivity contribution is 5.32. The molecular formula is C15H20N6. The van der Waals surface area contributed by atoms with Gasteiger partial charge in [0.05, 0.1) is 0 Å². The van der Waals surface area contributed by atoms with Gasteiger partial charge < -0.3 is 9.47 Å². The van der Waals surface area contributed by atoms with Crippen LogP contribution in [0.3, 0.4) is 0 Å². The van der Waals surface area contributed by atoms with Gasteiger partial charge >= 0.3 is 0 Å². The van der Waals surface area contributed by atoms with E-state index in [1.807, 2.05) is 25.5 Å². The molecule has 1 saturated carbocycles. The first-order valence-electron chi connectivity index (χ1n) is 7.75. The molecule has 4 rings (SSSR count). The van der Waals surface area contributed by atoms with E-state index < -0.39 is 0 Å². The molecule has 0 unspecified atom stereocenters. The molecular weight excluding hydrogens is 264 g/mol. The summed E-state index contributed by atoms with van der Waals surface area (Å²) in [5, 5.41) is 8.53. The number of hydrogen-bond donors (Lipinski definition) is 0. The summed E-state index contributed by atoms with van der Waals surface area (Å²) in [7, 11) is 0. The third-order valence-electron chi connectivity index (χ3n) is 4.39. The topological polar surface area (TPSA) is 59.7 Å². The van der Waals surface area contributed by atoms with Gasteiger partial charge in [0, 0.05) is 36.9 Å². The summed E-state index contributed by atoms with van der Waals surface area (Å²) in [6, 6.07) is 2.58. The van der Waals surface area contributed by atoms with E-state index in [0.29, 0.717) is 12.0 Å². The van der Waals surface area contributed by atoms with Crippen LogP contribution in [-0.2, 0) is 0 Å².